The van der Waals surface area contributed by atoms with E-state index in [-0.39, 0.29) is 17.7 Å². The number of hydrogen-bond donors (Lipinski definition) is 0. The van der Waals surface area contributed by atoms with E-state index in [0.29, 0.717) is 17.3 Å². The van der Waals surface area contributed by atoms with Crippen LogP contribution < -0.4 is 0 Å². The molecular weight excluding hydrogens is 299 g/mol. The molecule has 0 aliphatic carbocycles. The maximum absolute atomic E-state index is 12.9. The Morgan fingerprint density at radius 3 is 3.00 bits per heavy atom. The minimum Gasteiger partial charge on any atom is -0.378 e. The molecule has 1 aromatic carbocycles. The normalized spacial score (nSPS) is 19.1. The first kappa shape index (κ1) is 13.7. The number of carbonyl (C=O) groups excluding carboxylic acids is 1. The van der Waals surface area contributed by atoms with E-state index in [0.717, 1.165) is 31.4 Å². The number of ether oxygens (including phenoxy) is 1. The first-order valence-corrected chi connectivity index (χ1v) is 7.01. The van der Waals surface area contributed by atoms with E-state index >= 15 is 0 Å². The Morgan fingerprint density at radius 1 is 1.50 bits per heavy atom. The Bertz CT molecular complexity index is 428. The summed E-state index contributed by atoms with van der Waals surface area (Å²) in [4.78, 5) is 11.8. The van der Waals surface area contributed by atoms with Gasteiger partial charge >= 0.3 is 0 Å². The second-order valence-corrected chi connectivity index (χ2v) is 5.48. The average molecular weight is 315 g/mol. The van der Waals surface area contributed by atoms with Crippen LogP contribution in [0.25, 0.3) is 0 Å². The summed E-state index contributed by atoms with van der Waals surface area (Å²) in [5.41, 5.74) is 0.841. The zero-order valence-corrected chi connectivity index (χ0v) is 11.7. The summed E-state index contributed by atoms with van der Waals surface area (Å²) >= 11 is 3.28. The smallest absolute Gasteiger partial charge is 0.137 e. The molecule has 0 N–H and O–H groups in total. The van der Waals surface area contributed by atoms with Crippen LogP contribution in [0.4, 0.5) is 4.39 Å². The molecule has 1 fully saturated rings. The van der Waals surface area contributed by atoms with Crippen LogP contribution in [0.15, 0.2) is 22.7 Å². The van der Waals surface area contributed by atoms with Crippen molar-refractivity contribution in [1.29, 1.82) is 0 Å². The Hall–Kier alpha value is -0.740. The Balaban J connectivity index is 1.82. The standard InChI is InChI=1S/C14H16BrFO2/c15-14-9-11(16)4-3-10(14)8-12(17)5-6-13-2-1-7-18-13/h3-4,9,13H,1-2,5-8H2. The van der Waals surface area contributed by atoms with Crippen molar-refractivity contribution in [3.8, 4) is 0 Å². The average Bonchev–Trinajstić information content (AvgIpc) is 2.83. The van der Waals surface area contributed by atoms with Crippen molar-refractivity contribution in [1.82, 2.24) is 0 Å². The molecular formula is C14H16BrFO2. The lowest BCUT2D eigenvalue weighted by Gasteiger charge is -2.08. The molecule has 1 unspecified atom stereocenters. The van der Waals surface area contributed by atoms with E-state index in [9.17, 15) is 9.18 Å². The van der Waals surface area contributed by atoms with Crippen LogP contribution >= 0.6 is 15.9 Å². The van der Waals surface area contributed by atoms with E-state index in [1.165, 1.54) is 12.1 Å². The summed E-state index contributed by atoms with van der Waals surface area (Å²) in [5.74, 6) is -0.116. The molecule has 4 heteroatoms. The third-order valence-electron chi connectivity index (χ3n) is 3.17. The first-order valence-electron chi connectivity index (χ1n) is 6.22. The molecule has 1 atom stereocenters. The van der Waals surface area contributed by atoms with Crippen LogP contribution in [-0.4, -0.2) is 18.5 Å². The van der Waals surface area contributed by atoms with Gasteiger partial charge in [-0.3, -0.25) is 4.79 Å². The van der Waals surface area contributed by atoms with Gasteiger partial charge in [0.1, 0.15) is 11.6 Å². The largest absolute Gasteiger partial charge is 0.378 e. The molecule has 0 saturated carbocycles. The molecule has 1 saturated heterocycles. The highest BCUT2D eigenvalue weighted by Crippen LogP contribution is 2.21. The lowest BCUT2D eigenvalue weighted by Crippen LogP contribution is -2.10. The number of ketones is 1. The van der Waals surface area contributed by atoms with E-state index in [2.05, 4.69) is 15.9 Å². The molecule has 2 rings (SSSR count). The summed E-state index contributed by atoms with van der Waals surface area (Å²) < 4.78 is 19.0. The van der Waals surface area contributed by atoms with Gasteiger partial charge in [-0.05, 0) is 37.0 Å². The van der Waals surface area contributed by atoms with Crippen molar-refractivity contribution >= 4 is 21.7 Å². The topological polar surface area (TPSA) is 26.3 Å². The number of rotatable bonds is 5. The van der Waals surface area contributed by atoms with E-state index in [1.54, 1.807) is 6.07 Å². The van der Waals surface area contributed by atoms with Gasteiger partial charge in [-0.2, -0.15) is 0 Å². The van der Waals surface area contributed by atoms with Gasteiger partial charge in [-0.25, -0.2) is 4.39 Å². The minimum atomic E-state index is -0.294. The van der Waals surface area contributed by atoms with Crippen LogP contribution in [-0.2, 0) is 16.0 Å². The number of hydrogen-bond acceptors (Lipinski definition) is 2. The Kier molecular flexibility index (Phi) is 4.89. The molecule has 1 aromatic rings. The third kappa shape index (κ3) is 3.89. The predicted molar refractivity (Wildman–Crippen MR) is 71.0 cm³/mol. The molecule has 1 aliphatic rings. The second kappa shape index (κ2) is 6.43. The predicted octanol–water partition coefficient (Wildman–Crippen LogP) is 3.66. The summed E-state index contributed by atoms with van der Waals surface area (Å²) in [6.45, 7) is 0.822. The molecule has 18 heavy (non-hydrogen) atoms. The summed E-state index contributed by atoms with van der Waals surface area (Å²) in [5, 5.41) is 0. The first-order chi connectivity index (χ1) is 8.65. The van der Waals surface area contributed by atoms with Crippen LogP contribution in [0, 0.1) is 5.82 Å². The number of carbonyl (C=O) groups is 1. The van der Waals surface area contributed by atoms with Crippen molar-refractivity contribution in [3.05, 3.63) is 34.1 Å². The lowest BCUT2D eigenvalue weighted by molar-refractivity contribution is -0.119. The monoisotopic (exact) mass is 314 g/mol. The van der Waals surface area contributed by atoms with Gasteiger partial charge in [0.15, 0.2) is 0 Å². The van der Waals surface area contributed by atoms with Gasteiger partial charge < -0.3 is 4.74 Å². The Labute approximate surface area is 115 Å². The molecule has 0 radical (unpaired) electrons. The SMILES string of the molecule is O=C(CCC1CCCO1)Cc1ccc(F)cc1Br. The van der Waals surface area contributed by atoms with Crippen molar-refractivity contribution in [2.75, 3.05) is 6.61 Å². The van der Waals surface area contributed by atoms with Crippen LogP contribution in [0.5, 0.6) is 0 Å². The molecule has 98 valence electrons. The fourth-order valence-electron chi connectivity index (χ4n) is 2.16. The minimum absolute atomic E-state index is 0.179. The molecule has 0 spiro atoms. The van der Waals surface area contributed by atoms with Gasteiger partial charge in [0.05, 0.1) is 6.10 Å². The maximum Gasteiger partial charge on any atom is 0.137 e. The van der Waals surface area contributed by atoms with Gasteiger partial charge in [0.25, 0.3) is 0 Å². The molecule has 0 aromatic heterocycles. The maximum atomic E-state index is 12.9. The van der Waals surface area contributed by atoms with Crippen LogP contribution in [0.3, 0.4) is 0 Å². The van der Waals surface area contributed by atoms with Crippen LogP contribution in [0.1, 0.15) is 31.2 Å². The molecule has 0 amide bonds. The summed E-state index contributed by atoms with van der Waals surface area (Å²) in [7, 11) is 0. The third-order valence-corrected chi connectivity index (χ3v) is 3.91. The van der Waals surface area contributed by atoms with Crippen molar-refractivity contribution < 1.29 is 13.9 Å². The van der Waals surface area contributed by atoms with Gasteiger partial charge in [-0.15, -0.1) is 0 Å². The highest BCUT2D eigenvalue weighted by Gasteiger charge is 2.17. The Morgan fingerprint density at radius 2 is 2.33 bits per heavy atom. The fourth-order valence-corrected chi connectivity index (χ4v) is 2.65. The number of Topliss-reactive ketones (excluding diaryl/α,β-unsaturated/α-hetero) is 1. The summed E-state index contributed by atoms with van der Waals surface area (Å²) in [6, 6.07) is 4.43. The van der Waals surface area contributed by atoms with Gasteiger partial charge in [0.2, 0.25) is 0 Å². The summed E-state index contributed by atoms with van der Waals surface area (Å²) in [6.07, 6.45) is 4.11. The van der Waals surface area contributed by atoms with Crippen molar-refractivity contribution in [3.63, 3.8) is 0 Å². The van der Waals surface area contributed by atoms with Gasteiger partial charge in [0, 0.05) is 23.9 Å². The van der Waals surface area contributed by atoms with E-state index in [1.807, 2.05) is 0 Å². The fraction of sp³-hybridized carbons (Fsp3) is 0.500. The zero-order valence-electron chi connectivity index (χ0n) is 10.1. The van der Waals surface area contributed by atoms with Gasteiger partial charge in [-0.1, -0.05) is 22.0 Å². The van der Waals surface area contributed by atoms with E-state index in [4.69, 9.17) is 4.74 Å². The lowest BCUT2D eigenvalue weighted by atomic mass is 10.0. The van der Waals surface area contributed by atoms with Crippen molar-refractivity contribution in [2.45, 2.75) is 38.2 Å². The highest BCUT2D eigenvalue weighted by atomic mass is 79.9. The number of halogens is 2. The molecule has 1 heterocycles. The number of benzene rings is 1. The second-order valence-electron chi connectivity index (χ2n) is 4.62. The zero-order chi connectivity index (χ0) is 13.0. The van der Waals surface area contributed by atoms with Crippen LogP contribution in [0.2, 0.25) is 0 Å². The molecule has 2 nitrogen and oxygen atoms in total. The van der Waals surface area contributed by atoms with Crippen molar-refractivity contribution in [2.24, 2.45) is 0 Å². The quantitative estimate of drug-likeness (QED) is 0.829. The highest BCUT2D eigenvalue weighted by molar-refractivity contribution is 9.10. The molecule has 0 bridgehead atoms. The van der Waals surface area contributed by atoms with E-state index < -0.39 is 0 Å². The molecule has 1 aliphatic heterocycles.